The van der Waals surface area contributed by atoms with Crippen molar-refractivity contribution in [3.05, 3.63) is 36.0 Å². The first-order valence-electron chi connectivity index (χ1n) is 6.55. The summed E-state index contributed by atoms with van der Waals surface area (Å²) < 4.78 is 0. The topological polar surface area (TPSA) is 134 Å². The fourth-order valence-electron chi connectivity index (χ4n) is 2.06. The molecule has 1 amide bonds. The summed E-state index contributed by atoms with van der Waals surface area (Å²) in [6.45, 7) is -0.143. The predicted molar refractivity (Wildman–Crippen MR) is 78.6 cm³/mol. The monoisotopic (exact) mass is 290 g/mol. The van der Waals surface area contributed by atoms with Gasteiger partial charge in [-0.25, -0.2) is 0 Å². The lowest BCUT2D eigenvalue weighted by molar-refractivity contribution is -0.138. The van der Waals surface area contributed by atoms with Gasteiger partial charge in [0.05, 0.1) is 6.04 Å². The van der Waals surface area contributed by atoms with Gasteiger partial charge < -0.3 is 26.9 Å². The molecule has 7 nitrogen and oxygen atoms in total. The highest BCUT2D eigenvalue weighted by Gasteiger charge is 2.18. The third-order valence-corrected chi connectivity index (χ3v) is 3.26. The first-order valence-corrected chi connectivity index (χ1v) is 6.55. The Labute approximate surface area is 121 Å². The normalized spacial score (nSPS) is 13.8. The van der Waals surface area contributed by atoms with Crippen LogP contribution in [0.25, 0.3) is 10.9 Å². The fraction of sp³-hybridized carbons (Fsp3) is 0.286. The van der Waals surface area contributed by atoms with Crippen LogP contribution in [-0.2, 0) is 16.0 Å². The van der Waals surface area contributed by atoms with Crippen molar-refractivity contribution in [2.75, 3.05) is 6.54 Å². The predicted octanol–water partition coefficient (Wildman–Crippen LogP) is -0.434. The van der Waals surface area contributed by atoms with Gasteiger partial charge in [0, 0.05) is 23.6 Å². The third kappa shape index (κ3) is 3.59. The third-order valence-electron chi connectivity index (χ3n) is 3.26. The van der Waals surface area contributed by atoms with Crippen molar-refractivity contribution >= 4 is 22.8 Å². The number of nitrogens with one attached hydrogen (secondary N) is 2. The average Bonchev–Trinajstić information content (AvgIpc) is 2.87. The molecule has 0 aliphatic heterocycles. The summed E-state index contributed by atoms with van der Waals surface area (Å²) in [6.07, 6.45) is 2.18. The highest BCUT2D eigenvalue weighted by Crippen LogP contribution is 2.18. The van der Waals surface area contributed by atoms with E-state index in [1.165, 1.54) is 0 Å². The second-order valence-electron chi connectivity index (χ2n) is 4.86. The van der Waals surface area contributed by atoms with Crippen LogP contribution in [0.5, 0.6) is 0 Å². The summed E-state index contributed by atoms with van der Waals surface area (Å²) in [5, 5.41) is 12.1. The molecule has 1 aromatic carbocycles. The maximum absolute atomic E-state index is 11.8. The Kier molecular flexibility index (Phi) is 4.56. The van der Waals surface area contributed by atoms with Gasteiger partial charge in [-0.3, -0.25) is 9.59 Å². The number of carboxylic acids is 1. The lowest BCUT2D eigenvalue weighted by atomic mass is 10.1. The number of carbonyl (C=O) groups is 2. The number of hydrogen-bond donors (Lipinski definition) is 5. The summed E-state index contributed by atoms with van der Waals surface area (Å²) in [5.41, 5.74) is 13.1. The number of H-pyrrole nitrogens is 1. The molecule has 0 bridgehead atoms. The number of aromatic amines is 1. The lowest BCUT2D eigenvalue weighted by Gasteiger charge is -2.13. The molecule has 1 aromatic heterocycles. The molecule has 1 heterocycles. The quantitative estimate of drug-likeness (QED) is 0.492. The van der Waals surface area contributed by atoms with Crippen molar-refractivity contribution in [2.24, 2.45) is 11.5 Å². The van der Waals surface area contributed by atoms with Crippen LogP contribution < -0.4 is 16.8 Å². The number of rotatable bonds is 6. The molecule has 2 aromatic rings. The second-order valence-corrected chi connectivity index (χ2v) is 4.86. The summed E-state index contributed by atoms with van der Waals surface area (Å²) in [5.74, 6) is -1.59. The molecule has 7 N–H and O–H groups in total. The minimum Gasteiger partial charge on any atom is -0.480 e. The van der Waals surface area contributed by atoms with Gasteiger partial charge in [-0.05, 0) is 18.1 Å². The molecule has 0 fully saturated rings. The number of amides is 1. The summed E-state index contributed by atoms with van der Waals surface area (Å²) in [6, 6.07) is 5.83. The van der Waals surface area contributed by atoms with Crippen LogP contribution in [-0.4, -0.2) is 40.6 Å². The van der Waals surface area contributed by atoms with Gasteiger partial charge in [0.2, 0.25) is 5.91 Å². The largest absolute Gasteiger partial charge is 0.480 e. The fourth-order valence-corrected chi connectivity index (χ4v) is 2.06. The van der Waals surface area contributed by atoms with Crippen molar-refractivity contribution in [1.82, 2.24) is 10.3 Å². The van der Waals surface area contributed by atoms with E-state index in [4.69, 9.17) is 16.6 Å². The van der Waals surface area contributed by atoms with E-state index in [2.05, 4.69) is 10.3 Å². The Morgan fingerprint density at radius 1 is 1.24 bits per heavy atom. The molecular weight excluding hydrogens is 272 g/mol. The van der Waals surface area contributed by atoms with Crippen molar-refractivity contribution in [3.8, 4) is 0 Å². The Balaban J connectivity index is 1.96. The molecule has 0 aliphatic rings. The SMILES string of the molecule is N[C@@H](CNC(=O)[C@@H](N)Cc1c[nH]c2ccccc12)C(=O)O. The molecule has 7 heteroatoms. The molecule has 0 unspecified atom stereocenters. The number of hydrogen-bond acceptors (Lipinski definition) is 4. The maximum atomic E-state index is 11.8. The Morgan fingerprint density at radius 3 is 2.67 bits per heavy atom. The molecule has 21 heavy (non-hydrogen) atoms. The van der Waals surface area contributed by atoms with Gasteiger partial charge in [0.15, 0.2) is 0 Å². The highest BCUT2D eigenvalue weighted by atomic mass is 16.4. The first-order chi connectivity index (χ1) is 9.99. The number of aliphatic carboxylic acids is 1. The average molecular weight is 290 g/mol. The summed E-state index contributed by atoms with van der Waals surface area (Å²) in [7, 11) is 0. The molecular formula is C14H18N4O3. The number of nitrogens with two attached hydrogens (primary N) is 2. The molecule has 2 atom stereocenters. The lowest BCUT2D eigenvalue weighted by Crippen LogP contribution is -2.48. The van der Waals surface area contributed by atoms with E-state index < -0.39 is 24.0 Å². The molecule has 112 valence electrons. The van der Waals surface area contributed by atoms with Crippen LogP contribution in [0.4, 0.5) is 0 Å². The number of carboxylic acid groups (broad SMARTS) is 1. The zero-order valence-corrected chi connectivity index (χ0v) is 11.4. The van der Waals surface area contributed by atoms with Crippen LogP contribution in [0, 0.1) is 0 Å². The first kappa shape index (κ1) is 15.0. The molecule has 0 radical (unpaired) electrons. The van der Waals surface area contributed by atoms with Crippen molar-refractivity contribution in [3.63, 3.8) is 0 Å². The van der Waals surface area contributed by atoms with E-state index in [-0.39, 0.29) is 6.54 Å². The van der Waals surface area contributed by atoms with Crippen molar-refractivity contribution in [2.45, 2.75) is 18.5 Å². The van der Waals surface area contributed by atoms with E-state index in [1.807, 2.05) is 30.5 Å². The Morgan fingerprint density at radius 2 is 1.95 bits per heavy atom. The summed E-state index contributed by atoms with van der Waals surface area (Å²) >= 11 is 0. The van der Waals surface area contributed by atoms with Gasteiger partial charge in [-0.1, -0.05) is 18.2 Å². The second kappa shape index (κ2) is 6.38. The molecule has 2 rings (SSSR count). The molecule has 0 saturated carbocycles. The number of benzene rings is 1. The van der Waals surface area contributed by atoms with Crippen molar-refractivity contribution < 1.29 is 14.7 Å². The van der Waals surface area contributed by atoms with Crippen LogP contribution in [0.3, 0.4) is 0 Å². The van der Waals surface area contributed by atoms with E-state index in [1.54, 1.807) is 0 Å². The number of carbonyl (C=O) groups excluding carboxylic acids is 1. The standard InChI is InChI=1S/C14H18N4O3/c15-10(13(19)18-7-11(16)14(20)21)5-8-6-17-12-4-2-1-3-9(8)12/h1-4,6,10-11,17H,5,7,15-16H2,(H,18,19)(H,20,21)/t10-,11-/m0/s1. The number of para-hydroxylation sites is 1. The number of fused-ring (bicyclic) bond motifs is 1. The van der Waals surface area contributed by atoms with E-state index in [0.29, 0.717) is 6.42 Å². The Hall–Kier alpha value is -2.38. The highest BCUT2D eigenvalue weighted by molar-refractivity contribution is 5.86. The van der Waals surface area contributed by atoms with Gasteiger partial charge in [-0.2, -0.15) is 0 Å². The van der Waals surface area contributed by atoms with Gasteiger partial charge in [-0.15, -0.1) is 0 Å². The van der Waals surface area contributed by atoms with Crippen LogP contribution in [0.15, 0.2) is 30.5 Å². The van der Waals surface area contributed by atoms with E-state index >= 15 is 0 Å². The van der Waals surface area contributed by atoms with Crippen LogP contribution in [0.2, 0.25) is 0 Å². The smallest absolute Gasteiger partial charge is 0.322 e. The number of aromatic nitrogens is 1. The zero-order valence-electron chi connectivity index (χ0n) is 11.4. The van der Waals surface area contributed by atoms with Crippen LogP contribution in [0.1, 0.15) is 5.56 Å². The van der Waals surface area contributed by atoms with E-state index in [9.17, 15) is 9.59 Å². The molecule has 0 aliphatic carbocycles. The van der Waals surface area contributed by atoms with Gasteiger partial charge in [0.1, 0.15) is 6.04 Å². The Bertz CT molecular complexity index is 652. The minimum absolute atomic E-state index is 0.143. The maximum Gasteiger partial charge on any atom is 0.322 e. The molecule has 0 saturated heterocycles. The summed E-state index contributed by atoms with van der Waals surface area (Å²) in [4.78, 5) is 25.5. The molecule has 0 spiro atoms. The zero-order chi connectivity index (χ0) is 15.4. The van der Waals surface area contributed by atoms with Gasteiger partial charge in [0.25, 0.3) is 0 Å². The minimum atomic E-state index is -1.17. The van der Waals surface area contributed by atoms with E-state index in [0.717, 1.165) is 16.5 Å². The van der Waals surface area contributed by atoms with Crippen molar-refractivity contribution in [1.29, 1.82) is 0 Å². The van der Waals surface area contributed by atoms with Gasteiger partial charge >= 0.3 is 5.97 Å². The van der Waals surface area contributed by atoms with Crippen LogP contribution >= 0.6 is 0 Å².